The van der Waals surface area contributed by atoms with Gasteiger partial charge in [0.25, 0.3) is 0 Å². The monoisotopic (exact) mass is 280 g/mol. The minimum Gasteiger partial charge on any atom is -0.377 e. The maximum absolute atomic E-state index is 5.95. The van der Waals surface area contributed by atoms with Gasteiger partial charge in [0.2, 0.25) is 0 Å². The van der Waals surface area contributed by atoms with Gasteiger partial charge in [0, 0.05) is 38.3 Å². The average molecular weight is 280 g/mol. The van der Waals surface area contributed by atoms with Crippen molar-refractivity contribution in [3.05, 3.63) is 0 Å². The van der Waals surface area contributed by atoms with E-state index in [2.05, 4.69) is 17.1 Å². The molecule has 1 saturated carbocycles. The van der Waals surface area contributed by atoms with Crippen molar-refractivity contribution in [2.45, 2.75) is 76.5 Å². The van der Waals surface area contributed by atoms with E-state index in [0.29, 0.717) is 12.1 Å². The predicted molar refractivity (Wildman–Crippen MR) is 83.0 cm³/mol. The molecule has 3 unspecified atom stereocenters. The molecule has 3 fully saturated rings. The van der Waals surface area contributed by atoms with Crippen molar-refractivity contribution >= 4 is 0 Å². The third-order valence-electron chi connectivity index (χ3n) is 5.66. The number of piperazine rings is 1. The van der Waals surface area contributed by atoms with Gasteiger partial charge in [-0.3, -0.25) is 4.90 Å². The summed E-state index contributed by atoms with van der Waals surface area (Å²) in [6, 6.07) is 1.40. The molecule has 20 heavy (non-hydrogen) atoms. The van der Waals surface area contributed by atoms with Crippen molar-refractivity contribution in [1.29, 1.82) is 0 Å². The van der Waals surface area contributed by atoms with Crippen molar-refractivity contribution in [3.63, 3.8) is 0 Å². The molecule has 0 aromatic heterocycles. The number of hydrogen-bond donors (Lipinski definition) is 1. The highest BCUT2D eigenvalue weighted by atomic mass is 16.5. The maximum Gasteiger partial charge on any atom is 0.0702 e. The van der Waals surface area contributed by atoms with Gasteiger partial charge in [-0.1, -0.05) is 19.3 Å². The van der Waals surface area contributed by atoms with Crippen molar-refractivity contribution in [2.75, 3.05) is 26.2 Å². The van der Waals surface area contributed by atoms with E-state index in [0.717, 1.165) is 31.7 Å². The SMILES string of the molecule is CC1CNC(C2CCCCC2)CN1CC1CCCCO1. The summed E-state index contributed by atoms with van der Waals surface area (Å²) in [5.74, 6) is 0.922. The molecule has 3 rings (SSSR count). The Morgan fingerprint density at radius 1 is 1.05 bits per heavy atom. The van der Waals surface area contributed by atoms with Gasteiger partial charge in [-0.05, 0) is 44.9 Å². The quantitative estimate of drug-likeness (QED) is 0.860. The number of rotatable bonds is 3. The summed E-state index contributed by atoms with van der Waals surface area (Å²) in [5.41, 5.74) is 0. The molecular formula is C17H32N2O. The highest BCUT2D eigenvalue weighted by Gasteiger charge is 2.32. The van der Waals surface area contributed by atoms with Crippen LogP contribution in [0.5, 0.6) is 0 Å². The molecule has 116 valence electrons. The molecule has 3 aliphatic rings. The standard InChI is InChI=1S/C17H32N2O/c1-14-11-18-17(15-7-3-2-4-8-15)13-19(14)12-16-9-5-6-10-20-16/h14-18H,2-13H2,1H3. The number of ether oxygens (including phenoxy) is 1. The summed E-state index contributed by atoms with van der Waals surface area (Å²) < 4.78 is 5.95. The van der Waals surface area contributed by atoms with Crippen LogP contribution in [0.3, 0.4) is 0 Å². The highest BCUT2D eigenvalue weighted by molar-refractivity contribution is 4.90. The van der Waals surface area contributed by atoms with Crippen LogP contribution in [0, 0.1) is 5.92 Å². The van der Waals surface area contributed by atoms with Crippen LogP contribution in [0.15, 0.2) is 0 Å². The zero-order valence-corrected chi connectivity index (χ0v) is 13.2. The lowest BCUT2D eigenvalue weighted by Crippen LogP contribution is -2.59. The van der Waals surface area contributed by atoms with Crippen LogP contribution in [-0.4, -0.2) is 49.3 Å². The summed E-state index contributed by atoms with van der Waals surface area (Å²) in [6.45, 7) is 6.91. The zero-order chi connectivity index (χ0) is 13.8. The lowest BCUT2D eigenvalue weighted by molar-refractivity contribution is -0.0227. The summed E-state index contributed by atoms with van der Waals surface area (Å²) in [5, 5.41) is 3.82. The molecule has 0 radical (unpaired) electrons. The smallest absolute Gasteiger partial charge is 0.0702 e. The summed E-state index contributed by atoms with van der Waals surface area (Å²) in [6.07, 6.45) is 11.6. The van der Waals surface area contributed by atoms with Crippen LogP contribution >= 0.6 is 0 Å². The zero-order valence-electron chi connectivity index (χ0n) is 13.2. The van der Waals surface area contributed by atoms with Gasteiger partial charge in [-0.25, -0.2) is 0 Å². The second-order valence-electron chi connectivity index (χ2n) is 7.20. The molecule has 0 spiro atoms. The Balaban J connectivity index is 1.52. The van der Waals surface area contributed by atoms with Crippen molar-refractivity contribution in [1.82, 2.24) is 10.2 Å². The van der Waals surface area contributed by atoms with Gasteiger partial charge in [-0.2, -0.15) is 0 Å². The molecule has 1 N–H and O–H groups in total. The fourth-order valence-electron chi connectivity index (χ4n) is 4.27. The van der Waals surface area contributed by atoms with Crippen molar-refractivity contribution in [3.8, 4) is 0 Å². The summed E-state index contributed by atoms with van der Waals surface area (Å²) in [4.78, 5) is 2.70. The third-order valence-corrected chi connectivity index (χ3v) is 5.66. The molecule has 1 aliphatic carbocycles. The molecular weight excluding hydrogens is 248 g/mol. The van der Waals surface area contributed by atoms with Crippen LogP contribution in [0.25, 0.3) is 0 Å². The van der Waals surface area contributed by atoms with Crippen molar-refractivity contribution in [2.24, 2.45) is 5.92 Å². The Labute approximate surface area is 124 Å². The van der Waals surface area contributed by atoms with E-state index in [1.54, 1.807) is 0 Å². The first-order chi connectivity index (χ1) is 9.83. The van der Waals surface area contributed by atoms with Crippen LogP contribution < -0.4 is 5.32 Å². The van der Waals surface area contributed by atoms with Crippen LogP contribution in [0.4, 0.5) is 0 Å². The molecule has 0 aromatic carbocycles. The van der Waals surface area contributed by atoms with Gasteiger partial charge in [0.1, 0.15) is 0 Å². The summed E-state index contributed by atoms with van der Waals surface area (Å²) in [7, 11) is 0. The van der Waals surface area contributed by atoms with Gasteiger partial charge in [0.05, 0.1) is 6.10 Å². The van der Waals surface area contributed by atoms with Crippen LogP contribution in [-0.2, 0) is 4.74 Å². The summed E-state index contributed by atoms with van der Waals surface area (Å²) >= 11 is 0. The second-order valence-corrected chi connectivity index (χ2v) is 7.20. The molecule has 0 bridgehead atoms. The van der Waals surface area contributed by atoms with Gasteiger partial charge in [-0.15, -0.1) is 0 Å². The van der Waals surface area contributed by atoms with Gasteiger partial charge in [0.15, 0.2) is 0 Å². The topological polar surface area (TPSA) is 24.5 Å². The van der Waals surface area contributed by atoms with Gasteiger partial charge < -0.3 is 10.1 Å². The first-order valence-corrected chi connectivity index (χ1v) is 8.92. The predicted octanol–water partition coefficient (Wildman–Crippen LogP) is 2.80. The Bertz CT molecular complexity index is 285. The lowest BCUT2D eigenvalue weighted by Gasteiger charge is -2.44. The van der Waals surface area contributed by atoms with E-state index < -0.39 is 0 Å². The molecule has 3 heteroatoms. The Morgan fingerprint density at radius 2 is 1.85 bits per heavy atom. The Kier molecular flexibility index (Phi) is 5.36. The van der Waals surface area contributed by atoms with E-state index in [1.807, 2.05) is 0 Å². The number of nitrogens with zero attached hydrogens (tertiary/aromatic N) is 1. The third kappa shape index (κ3) is 3.75. The second kappa shape index (κ2) is 7.24. The van der Waals surface area contributed by atoms with Crippen LogP contribution in [0.2, 0.25) is 0 Å². The maximum atomic E-state index is 5.95. The molecule has 3 atom stereocenters. The number of nitrogens with one attached hydrogen (secondary N) is 1. The van der Waals surface area contributed by atoms with Crippen LogP contribution in [0.1, 0.15) is 58.3 Å². The minimum absolute atomic E-state index is 0.497. The van der Waals surface area contributed by atoms with E-state index in [-0.39, 0.29) is 0 Å². The first kappa shape index (κ1) is 14.8. The Morgan fingerprint density at radius 3 is 2.60 bits per heavy atom. The normalized spacial score (nSPS) is 38.0. The van der Waals surface area contributed by atoms with E-state index in [1.165, 1.54) is 57.9 Å². The van der Waals surface area contributed by atoms with E-state index in [9.17, 15) is 0 Å². The largest absolute Gasteiger partial charge is 0.377 e. The molecule has 2 heterocycles. The molecule has 2 aliphatic heterocycles. The molecule has 2 saturated heterocycles. The average Bonchev–Trinajstić information content (AvgIpc) is 2.51. The molecule has 0 amide bonds. The van der Waals surface area contributed by atoms with E-state index in [4.69, 9.17) is 4.74 Å². The highest BCUT2D eigenvalue weighted by Crippen LogP contribution is 2.28. The van der Waals surface area contributed by atoms with Gasteiger partial charge >= 0.3 is 0 Å². The first-order valence-electron chi connectivity index (χ1n) is 8.92. The molecule has 0 aromatic rings. The fraction of sp³-hybridized carbons (Fsp3) is 1.00. The Hall–Kier alpha value is -0.120. The molecule has 3 nitrogen and oxygen atoms in total. The fourth-order valence-corrected chi connectivity index (χ4v) is 4.27. The number of hydrogen-bond acceptors (Lipinski definition) is 3. The minimum atomic E-state index is 0.497. The van der Waals surface area contributed by atoms with Crippen molar-refractivity contribution < 1.29 is 4.74 Å². The van der Waals surface area contributed by atoms with E-state index >= 15 is 0 Å². The lowest BCUT2D eigenvalue weighted by atomic mass is 9.82.